The van der Waals surface area contributed by atoms with E-state index in [0.29, 0.717) is 15.6 Å². The predicted octanol–water partition coefficient (Wildman–Crippen LogP) is 3.05. The summed E-state index contributed by atoms with van der Waals surface area (Å²) >= 11 is 7.02. The lowest BCUT2D eigenvalue weighted by molar-refractivity contribution is -0.136. The molecule has 2 amide bonds. The van der Waals surface area contributed by atoms with E-state index in [-0.39, 0.29) is 21.5 Å². The Morgan fingerprint density at radius 2 is 1.90 bits per heavy atom. The minimum Gasteiger partial charge on any atom is -0.463 e. The Morgan fingerprint density at radius 3 is 2.71 bits per heavy atom. The summed E-state index contributed by atoms with van der Waals surface area (Å²) in [6, 6.07) is 13.9. The maximum absolute atomic E-state index is 12.4. The number of amides is 2. The summed E-state index contributed by atoms with van der Waals surface area (Å²) in [5.74, 6) is -2.02. The van der Waals surface area contributed by atoms with Crippen LogP contribution in [0.5, 0.6) is 0 Å². The third-order valence-electron chi connectivity index (χ3n) is 4.00. The van der Waals surface area contributed by atoms with Crippen molar-refractivity contribution in [3.05, 3.63) is 75.6 Å². The quantitative estimate of drug-likeness (QED) is 0.278. The lowest BCUT2D eigenvalue weighted by Gasteiger charge is -2.00. The molecule has 2 N–H and O–H groups in total. The number of aromatic nitrogens is 2. The summed E-state index contributed by atoms with van der Waals surface area (Å²) < 4.78 is 5.35. The van der Waals surface area contributed by atoms with Gasteiger partial charge in [-0.25, -0.2) is 5.43 Å². The highest BCUT2D eigenvalue weighted by Gasteiger charge is 2.16. The van der Waals surface area contributed by atoms with E-state index in [9.17, 15) is 14.4 Å². The molecule has 4 rings (SSSR count). The first-order valence-corrected chi connectivity index (χ1v) is 9.95. The highest BCUT2D eigenvalue weighted by molar-refractivity contribution is 7.18. The van der Waals surface area contributed by atoms with Crippen LogP contribution in [0.2, 0.25) is 5.02 Å². The summed E-state index contributed by atoms with van der Waals surface area (Å²) in [6.45, 7) is 0. The molecule has 154 valence electrons. The molecule has 0 bridgehead atoms. The lowest BCUT2D eigenvalue weighted by Crippen LogP contribution is -2.32. The number of carbonyl (C=O) groups is 2. The SMILES string of the molecule is O=C(N/N=C\c1coc2ccc(Cl)cc2c1=O)C(=O)Nc1nnc(-c2ccccc2)s1. The average molecular weight is 454 g/mol. The van der Waals surface area contributed by atoms with Gasteiger partial charge in [0.25, 0.3) is 0 Å². The van der Waals surface area contributed by atoms with Crippen LogP contribution < -0.4 is 16.2 Å². The van der Waals surface area contributed by atoms with Gasteiger partial charge >= 0.3 is 11.8 Å². The van der Waals surface area contributed by atoms with E-state index in [1.54, 1.807) is 12.1 Å². The number of hydrazone groups is 1. The van der Waals surface area contributed by atoms with Gasteiger partial charge in [0.15, 0.2) is 0 Å². The van der Waals surface area contributed by atoms with Gasteiger partial charge in [-0.1, -0.05) is 53.3 Å². The topological polar surface area (TPSA) is 127 Å². The summed E-state index contributed by atoms with van der Waals surface area (Å²) in [5, 5.41) is 15.2. The van der Waals surface area contributed by atoms with Gasteiger partial charge in [-0.05, 0) is 18.2 Å². The molecule has 0 saturated heterocycles. The third kappa shape index (κ3) is 4.65. The maximum atomic E-state index is 12.4. The van der Waals surface area contributed by atoms with Crippen molar-refractivity contribution in [1.82, 2.24) is 15.6 Å². The number of hydrogen-bond donors (Lipinski definition) is 2. The Hall–Kier alpha value is -3.89. The average Bonchev–Trinajstić information content (AvgIpc) is 3.24. The fourth-order valence-corrected chi connectivity index (χ4v) is 3.46. The second kappa shape index (κ2) is 8.86. The van der Waals surface area contributed by atoms with Crippen molar-refractivity contribution in [3.63, 3.8) is 0 Å². The van der Waals surface area contributed by atoms with Crippen molar-refractivity contribution < 1.29 is 14.0 Å². The van der Waals surface area contributed by atoms with Crippen LogP contribution in [0.4, 0.5) is 5.13 Å². The number of nitrogens with one attached hydrogen (secondary N) is 2. The van der Waals surface area contributed by atoms with E-state index >= 15 is 0 Å². The van der Waals surface area contributed by atoms with Crippen LogP contribution in [0, 0.1) is 0 Å². The standard InChI is InChI=1S/C20H12ClN5O4S/c21-13-6-7-15-14(8-13)16(27)12(10-30-15)9-22-24-18(29)17(28)23-20-26-25-19(31-20)11-4-2-1-3-5-11/h1-10H,(H,24,29)(H,23,26,28)/b22-9-. The molecule has 0 radical (unpaired) electrons. The molecule has 0 unspecified atom stereocenters. The molecule has 31 heavy (non-hydrogen) atoms. The zero-order valence-electron chi connectivity index (χ0n) is 15.5. The van der Waals surface area contributed by atoms with E-state index in [1.807, 2.05) is 35.8 Å². The van der Waals surface area contributed by atoms with Crippen molar-refractivity contribution >= 4 is 57.1 Å². The second-order valence-electron chi connectivity index (χ2n) is 6.09. The van der Waals surface area contributed by atoms with Crippen LogP contribution in [-0.2, 0) is 9.59 Å². The number of halogens is 1. The first kappa shape index (κ1) is 20.4. The molecule has 0 atom stereocenters. The molecule has 0 saturated carbocycles. The van der Waals surface area contributed by atoms with E-state index in [1.165, 1.54) is 12.3 Å². The monoisotopic (exact) mass is 453 g/mol. The number of rotatable bonds is 4. The molecule has 0 aliphatic heterocycles. The van der Waals surface area contributed by atoms with Crippen LogP contribution in [0.25, 0.3) is 21.5 Å². The second-order valence-corrected chi connectivity index (χ2v) is 7.51. The van der Waals surface area contributed by atoms with Gasteiger partial charge < -0.3 is 4.42 Å². The van der Waals surface area contributed by atoms with Crippen molar-refractivity contribution in [2.45, 2.75) is 0 Å². The third-order valence-corrected chi connectivity index (χ3v) is 5.13. The normalized spacial score (nSPS) is 11.0. The van der Waals surface area contributed by atoms with E-state index < -0.39 is 11.8 Å². The van der Waals surface area contributed by atoms with Gasteiger partial charge in [0.1, 0.15) is 16.9 Å². The molecule has 0 spiro atoms. The van der Waals surface area contributed by atoms with Crippen molar-refractivity contribution in [3.8, 4) is 10.6 Å². The molecule has 0 fully saturated rings. The predicted molar refractivity (Wildman–Crippen MR) is 117 cm³/mol. The van der Waals surface area contributed by atoms with Crippen molar-refractivity contribution in [1.29, 1.82) is 0 Å². The van der Waals surface area contributed by atoms with Crippen LogP contribution in [-0.4, -0.2) is 28.2 Å². The molecular weight excluding hydrogens is 442 g/mol. The van der Waals surface area contributed by atoms with E-state index in [0.717, 1.165) is 23.1 Å². The molecule has 0 aliphatic rings. The molecule has 2 heterocycles. The molecule has 11 heteroatoms. The maximum Gasteiger partial charge on any atom is 0.329 e. The molecular formula is C20H12ClN5O4S. The summed E-state index contributed by atoms with van der Waals surface area (Å²) in [4.78, 5) is 36.4. The number of nitrogens with zero attached hydrogens (tertiary/aromatic N) is 3. The molecule has 4 aromatic rings. The summed E-state index contributed by atoms with van der Waals surface area (Å²) in [6.07, 6.45) is 2.27. The first-order valence-electron chi connectivity index (χ1n) is 8.75. The summed E-state index contributed by atoms with van der Waals surface area (Å²) in [7, 11) is 0. The van der Waals surface area contributed by atoms with Crippen LogP contribution in [0.1, 0.15) is 5.56 Å². The fraction of sp³-hybridized carbons (Fsp3) is 0. The zero-order valence-corrected chi connectivity index (χ0v) is 17.1. The Morgan fingerprint density at radius 1 is 1.10 bits per heavy atom. The smallest absolute Gasteiger partial charge is 0.329 e. The van der Waals surface area contributed by atoms with Gasteiger partial charge in [-0.3, -0.25) is 19.7 Å². The van der Waals surface area contributed by atoms with Crippen molar-refractivity contribution in [2.75, 3.05) is 5.32 Å². The molecule has 2 aromatic heterocycles. The summed E-state index contributed by atoms with van der Waals surface area (Å²) in [5.41, 5.74) is 2.94. The number of carbonyl (C=O) groups excluding carboxylic acids is 2. The van der Waals surface area contributed by atoms with Gasteiger partial charge in [0, 0.05) is 10.6 Å². The van der Waals surface area contributed by atoms with Gasteiger partial charge in [-0.2, -0.15) is 5.10 Å². The Kier molecular flexibility index (Phi) is 5.83. The van der Waals surface area contributed by atoms with Crippen molar-refractivity contribution in [2.24, 2.45) is 5.10 Å². The van der Waals surface area contributed by atoms with Crippen LogP contribution in [0.3, 0.4) is 0 Å². The minimum atomic E-state index is -1.04. The van der Waals surface area contributed by atoms with Gasteiger partial charge in [0.05, 0.1) is 17.2 Å². The highest BCUT2D eigenvalue weighted by Crippen LogP contribution is 2.25. The largest absolute Gasteiger partial charge is 0.463 e. The van der Waals surface area contributed by atoms with Crippen LogP contribution >= 0.6 is 22.9 Å². The molecule has 0 aliphatic carbocycles. The Labute approximate surface area is 183 Å². The van der Waals surface area contributed by atoms with E-state index in [2.05, 4.69) is 20.6 Å². The first-order chi connectivity index (χ1) is 15.0. The van der Waals surface area contributed by atoms with Gasteiger partial charge in [0.2, 0.25) is 10.6 Å². The Bertz CT molecular complexity index is 1370. The minimum absolute atomic E-state index is 0.0760. The molecule has 9 nitrogen and oxygen atoms in total. The van der Waals surface area contributed by atoms with Gasteiger partial charge in [-0.15, -0.1) is 10.2 Å². The zero-order chi connectivity index (χ0) is 21.8. The molecule has 2 aromatic carbocycles. The number of fused-ring (bicyclic) bond motifs is 1. The lowest BCUT2D eigenvalue weighted by atomic mass is 10.2. The van der Waals surface area contributed by atoms with Crippen LogP contribution in [0.15, 0.2) is 69.1 Å². The number of hydrogen-bond acceptors (Lipinski definition) is 8. The van der Waals surface area contributed by atoms with E-state index in [4.69, 9.17) is 16.0 Å². The highest BCUT2D eigenvalue weighted by atomic mass is 35.5. The fourth-order valence-electron chi connectivity index (χ4n) is 2.54. The Balaban J connectivity index is 1.40. The number of benzene rings is 2. The number of anilines is 1.